The lowest BCUT2D eigenvalue weighted by atomic mass is 10.2. The van der Waals surface area contributed by atoms with Gasteiger partial charge in [0.15, 0.2) is 0 Å². The molecule has 2 heterocycles. The van der Waals surface area contributed by atoms with E-state index in [4.69, 9.17) is 9.57 Å². The SMILES string of the molecule is O=C(NCC1CCCO1)N1OC1c1ccccc1. The van der Waals surface area contributed by atoms with Gasteiger partial charge in [-0.15, -0.1) is 0 Å². The second-order valence-electron chi connectivity index (χ2n) is 4.52. The molecule has 1 aromatic carbocycles. The fraction of sp³-hybridized carbons (Fsp3) is 0.462. The fourth-order valence-corrected chi connectivity index (χ4v) is 2.13. The molecule has 0 aliphatic carbocycles. The molecule has 0 saturated carbocycles. The summed E-state index contributed by atoms with van der Waals surface area (Å²) in [6.45, 7) is 1.35. The second kappa shape index (κ2) is 4.96. The molecule has 2 aliphatic rings. The smallest absolute Gasteiger partial charge is 0.344 e. The molecular weight excluding hydrogens is 232 g/mol. The van der Waals surface area contributed by atoms with Crippen LogP contribution in [0.25, 0.3) is 0 Å². The Kier molecular flexibility index (Phi) is 3.17. The summed E-state index contributed by atoms with van der Waals surface area (Å²) in [4.78, 5) is 17.0. The topological polar surface area (TPSA) is 53.9 Å². The molecule has 0 spiro atoms. The molecule has 2 saturated heterocycles. The molecule has 2 fully saturated rings. The van der Waals surface area contributed by atoms with Crippen LogP contribution >= 0.6 is 0 Å². The maximum atomic E-state index is 11.8. The summed E-state index contributed by atoms with van der Waals surface area (Å²) in [5, 5.41) is 4.17. The van der Waals surface area contributed by atoms with Crippen LogP contribution in [0.15, 0.2) is 30.3 Å². The number of benzene rings is 1. The van der Waals surface area contributed by atoms with Crippen molar-refractivity contribution in [3.05, 3.63) is 35.9 Å². The summed E-state index contributed by atoms with van der Waals surface area (Å²) in [7, 11) is 0. The third-order valence-electron chi connectivity index (χ3n) is 3.17. The molecule has 0 bridgehead atoms. The fourth-order valence-electron chi connectivity index (χ4n) is 2.13. The van der Waals surface area contributed by atoms with Gasteiger partial charge in [0.25, 0.3) is 0 Å². The van der Waals surface area contributed by atoms with E-state index >= 15 is 0 Å². The second-order valence-corrected chi connectivity index (χ2v) is 4.52. The number of nitrogens with zero attached hydrogens (tertiary/aromatic N) is 1. The number of rotatable bonds is 3. The van der Waals surface area contributed by atoms with Gasteiger partial charge in [-0.05, 0) is 12.8 Å². The number of ether oxygens (including phenoxy) is 1. The monoisotopic (exact) mass is 248 g/mol. The summed E-state index contributed by atoms with van der Waals surface area (Å²) in [5.74, 6) is 0. The molecule has 2 aliphatic heterocycles. The van der Waals surface area contributed by atoms with Crippen LogP contribution in [0, 0.1) is 0 Å². The Bertz CT molecular complexity index is 418. The van der Waals surface area contributed by atoms with Gasteiger partial charge in [0, 0.05) is 18.7 Å². The van der Waals surface area contributed by atoms with Crippen molar-refractivity contribution in [1.29, 1.82) is 0 Å². The van der Waals surface area contributed by atoms with Gasteiger partial charge in [-0.3, -0.25) is 0 Å². The molecule has 0 radical (unpaired) electrons. The van der Waals surface area contributed by atoms with Crippen molar-refractivity contribution >= 4 is 6.03 Å². The number of hydrogen-bond acceptors (Lipinski definition) is 3. The largest absolute Gasteiger partial charge is 0.376 e. The van der Waals surface area contributed by atoms with Gasteiger partial charge in [-0.25, -0.2) is 9.63 Å². The van der Waals surface area contributed by atoms with Crippen LogP contribution in [0.3, 0.4) is 0 Å². The number of hydrogen-bond donors (Lipinski definition) is 1. The molecule has 2 amide bonds. The first-order valence-electron chi connectivity index (χ1n) is 6.25. The zero-order chi connectivity index (χ0) is 12.4. The number of nitrogens with one attached hydrogen (secondary N) is 1. The summed E-state index contributed by atoms with van der Waals surface area (Å²) in [6, 6.07) is 9.49. The van der Waals surface area contributed by atoms with Crippen molar-refractivity contribution < 1.29 is 14.4 Å². The molecule has 18 heavy (non-hydrogen) atoms. The number of hydroxylamine groups is 2. The number of carbonyl (C=O) groups excluding carboxylic acids is 1. The normalized spacial score (nSPS) is 26.1. The third kappa shape index (κ3) is 2.47. The Hall–Kier alpha value is -1.59. The minimum Gasteiger partial charge on any atom is -0.376 e. The first-order chi connectivity index (χ1) is 8.84. The average molecular weight is 248 g/mol. The van der Waals surface area contributed by atoms with E-state index in [9.17, 15) is 4.79 Å². The third-order valence-corrected chi connectivity index (χ3v) is 3.17. The van der Waals surface area contributed by atoms with Gasteiger partial charge in [-0.2, -0.15) is 5.06 Å². The van der Waals surface area contributed by atoms with Gasteiger partial charge in [0.2, 0.25) is 6.23 Å². The van der Waals surface area contributed by atoms with Crippen molar-refractivity contribution in [2.75, 3.05) is 13.2 Å². The molecule has 96 valence electrons. The van der Waals surface area contributed by atoms with Crippen LogP contribution in [-0.2, 0) is 9.57 Å². The quantitative estimate of drug-likeness (QED) is 0.830. The zero-order valence-corrected chi connectivity index (χ0v) is 10.0. The van der Waals surface area contributed by atoms with Crippen LogP contribution in [-0.4, -0.2) is 30.3 Å². The van der Waals surface area contributed by atoms with Gasteiger partial charge in [-0.1, -0.05) is 30.3 Å². The number of amides is 2. The molecule has 0 aromatic heterocycles. The highest BCUT2D eigenvalue weighted by Gasteiger charge is 2.42. The molecule has 2 atom stereocenters. The summed E-state index contributed by atoms with van der Waals surface area (Å²) < 4.78 is 5.44. The summed E-state index contributed by atoms with van der Waals surface area (Å²) in [6.07, 6.45) is 2.01. The van der Waals surface area contributed by atoms with Gasteiger partial charge in [0.1, 0.15) is 0 Å². The highest BCUT2D eigenvalue weighted by Crippen LogP contribution is 2.36. The summed E-state index contributed by atoms with van der Waals surface area (Å²) in [5.41, 5.74) is 0.991. The molecule has 3 rings (SSSR count). The highest BCUT2D eigenvalue weighted by atomic mass is 16.8. The van der Waals surface area contributed by atoms with E-state index in [1.54, 1.807) is 0 Å². The highest BCUT2D eigenvalue weighted by molar-refractivity contribution is 5.75. The number of carbonyl (C=O) groups is 1. The predicted octanol–water partition coefficient (Wildman–Crippen LogP) is 1.82. The lowest BCUT2D eigenvalue weighted by molar-refractivity contribution is 0.108. The van der Waals surface area contributed by atoms with E-state index in [0.717, 1.165) is 25.0 Å². The maximum Gasteiger partial charge on any atom is 0.344 e. The van der Waals surface area contributed by atoms with Crippen molar-refractivity contribution in [2.45, 2.75) is 25.2 Å². The maximum absolute atomic E-state index is 11.8. The Labute approximate surface area is 106 Å². The van der Waals surface area contributed by atoms with E-state index in [1.165, 1.54) is 5.06 Å². The molecule has 5 nitrogen and oxygen atoms in total. The van der Waals surface area contributed by atoms with Crippen LogP contribution in [0.5, 0.6) is 0 Å². The number of urea groups is 1. The van der Waals surface area contributed by atoms with E-state index < -0.39 is 0 Å². The molecular formula is C13H16N2O3. The molecule has 1 aromatic rings. The van der Waals surface area contributed by atoms with Crippen molar-refractivity contribution in [3.8, 4) is 0 Å². The predicted molar refractivity (Wildman–Crippen MR) is 64.5 cm³/mol. The average Bonchev–Trinajstić information content (AvgIpc) is 3.05. The summed E-state index contributed by atoms with van der Waals surface area (Å²) >= 11 is 0. The Morgan fingerprint density at radius 1 is 1.39 bits per heavy atom. The van der Waals surface area contributed by atoms with Gasteiger partial charge in [0.05, 0.1) is 6.10 Å². The van der Waals surface area contributed by atoms with Crippen LogP contribution < -0.4 is 5.32 Å². The van der Waals surface area contributed by atoms with E-state index in [1.807, 2.05) is 30.3 Å². The van der Waals surface area contributed by atoms with Crippen molar-refractivity contribution in [2.24, 2.45) is 0 Å². The molecule has 2 unspecified atom stereocenters. The first-order valence-corrected chi connectivity index (χ1v) is 6.25. The lowest BCUT2D eigenvalue weighted by Gasteiger charge is -2.09. The van der Waals surface area contributed by atoms with Crippen LogP contribution in [0.4, 0.5) is 4.79 Å². The standard InChI is InChI=1S/C13H16N2O3/c16-13(14-9-11-7-4-8-17-11)15-12(18-15)10-5-2-1-3-6-10/h1-3,5-6,11-12H,4,7-9H2,(H,14,16). The van der Waals surface area contributed by atoms with E-state index in [-0.39, 0.29) is 18.4 Å². The Morgan fingerprint density at radius 3 is 2.94 bits per heavy atom. The van der Waals surface area contributed by atoms with E-state index in [0.29, 0.717) is 6.54 Å². The van der Waals surface area contributed by atoms with Gasteiger partial charge >= 0.3 is 6.03 Å². The van der Waals surface area contributed by atoms with Crippen LogP contribution in [0.2, 0.25) is 0 Å². The Morgan fingerprint density at radius 2 is 2.22 bits per heavy atom. The lowest BCUT2D eigenvalue weighted by Crippen LogP contribution is -2.34. The minimum absolute atomic E-state index is 0.157. The van der Waals surface area contributed by atoms with Crippen molar-refractivity contribution in [1.82, 2.24) is 10.4 Å². The molecule has 5 heteroatoms. The van der Waals surface area contributed by atoms with Crippen molar-refractivity contribution in [3.63, 3.8) is 0 Å². The van der Waals surface area contributed by atoms with E-state index in [2.05, 4.69) is 5.32 Å². The van der Waals surface area contributed by atoms with Gasteiger partial charge < -0.3 is 10.1 Å². The van der Waals surface area contributed by atoms with Crippen LogP contribution in [0.1, 0.15) is 24.6 Å². The Balaban J connectivity index is 1.47. The minimum atomic E-state index is -0.240. The zero-order valence-electron chi connectivity index (χ0n) is 10.0. The molecule has 1 N–H and O–H groups in total. The first kappa shape index (κ1) is 11.5.